The molecule has 0 radical (unpaired) electrons. The number of benzene rings is 1. The summed E-state index contributed by atoms with van der Waals surface area (Å²) in [5.74, 6) is 0. The molecular weight excluding hydrogens is 294 g/mol. The molecule has 1 aromatic rings. The molecule has 2 rings (SSSR count). The molecule has 0 aromatic heterocycles. The number of nitro groups is 1. The molecule has 1 aromatic carbocycles. The molecule has 1 aliphatic heterocycles. The number of nitrogens with zero attached hydrogens (tertiary/aromatic N) is 2. The summed E-state index contributed by atoms with van der Waals surface area (Å²) < 4.78 is 27.0. The number of nitro benzene ring substituents is 1. The number of non-ortho nitro benzene ring substituents is 1. The Hall–Kier alpha value is -1.51. The van der Waals surface area contributed by atoms with E-state index in [9.17, 15) is 18.5 Å². The maximum atomic E-state index is 12.8. The highest BCUT2D eigenvalue weighted by molar-refractivity contribution is 7.89. The van der Waals surface area contributed by atoms with Gasteiger partial charge in [0.1, 0.15) is 0 Å². The third kappa shape index (κ3) is 3.07. The van der Waals surface area contributed by atoms with Gasteiger partial charge in [-0.05, 0) is 25.3 Å². The van der Waals surface area contributed by atoms with E-state index in [1.54, 1.807) is 6.92 Å². The van der Waals surface area contributed by atoms with Gasteiger partial charge in [-0.25, -0.2) is 8.42 Å². The van der Waals surface area contributed by atoms with E-state index in [-0.39, 0.29) is 23.2 Å². The van der Waals surface area contributed by atoms with Crippen LogP contribution in [0.15, 0.2) is 23.1 Å². The van der Waals surface area contributed by atoms with Gasteiger partial charge in [-0.15, -0.1) is 0 Å². The molecule has 0 aliphatic carbocycles. The largest absolute Gasteiger partial charge is 0.329 e. The third-order valence-corrected chi connectivity index (χ3v) is 5.91. The van der Waals surface area contributed by atoms with Gasteiger partial charge >= 0.3 is 0 Å². The van der Waals surface area contributed by atoms with Crippen LogP contribution in [0.2, 0.25) is 0 Å². The molecule has 0 spiro atoms. The molecule has 1 heterocycles. The highest BCUT2D eigenvalue weighted by Gasteiger charge is 2.34. The highest BCUT2D eigenvalue weighted by Crippen LogP contribution is 2.29. The van der Waals surface area contributed by atoms with Gasteiger partial charge in [0.05, 0.1) is 9.82 Å². The van der Waals surface area contributed by atoms with Crippen LogP contribution in [0.5, 0.6) is 0 Å². The minimum atomic E-state index is -3.76. The first kappa shape index (κ1) is 15.9. The smallest absolute Gasteiger partial charge is 0.270 e. The fraction of sp³-hybridized carbons (Fsp3) is 0.538. The molecule has 1 saturated heterocycles. The van der Waals surface area contributed by atoms with Crippen LogP contribution in [0.1, 0.15) is 24.8 Å². The highest BCUT2D eigenvalue weighted by atomic mass is 32.2. The minimum absolute atomic E-state index is 0.00273. The summed E-state index contributed by atoms with van der Waals surface area (Å²) in [4.78, 5) is 10.3. The van der Waals surface area contributed by atoms with Gasteiger partial charge < -0.3 is 5.73 Å². The summed E-state index contributed by atoms with van der Waals surface area (Å²) in [6.07, 6.45) is 2.45. The number of aryl methyl sites for hydroxylation is 1. The molecule has 7 nitrogen and oxygen atoms in total. The van der Waals surface area contributed by atoms with Gasteiger partial charge in [-0.2, -0.15) is 4.31 Å². The van der Waals surface area contributed by atoms with Crippen molar-refractivity contribution in [2.24, 2.45) is 5.73 Å². The van der Waals surface area contributed by atoms with Gasteiger partial charge in [0.2, 0.25) is 10.0 Å². The molecule has 1 fully saturated rings. The van der Waals surface area contributed by atoms with Crippen molar-refractivity contribution in [3.63, 3.8) is 0 Å². The number of rotatable bonds is 4. The minimum Gasteiger partial charge on any atom is -0.329 e. The Kier molecular flexibility index (Phi) is 4.60. The van der Waals surface area contributed by atoms with Crippen LogP contribution in [0.3, 0.4) is 0 Å². The van der Waals surface area contributed by atoms with Crippen molar-refractivity contribution in [1.29, 1.82) is 0 Å². The standard InChI is InChI=1S/C13H19N3O4S/c1-10-5-6-11(16(17)18)8-13(10)21(19,20)15-7-3-2-4-12(15)9-14/h5-6,8,12H,2-4,7,9,14H2,1H3. The second-order valence-electron chi connectivity index (χ2n) is 5.21. The Bertz CT molecular complexity index is 645. The molecular formula is C13H19N3O4S. The van der Waals surface area contributed by atoms with Crippen LogP contribution in [-0.4, -0.2) is 36.8 Å². The zero-order valence-electron chi connectivity index (χ0n) is 11.9. The molecule has 0 bridgehead atoms. The van der Waals surface area contributed by atoms with E-state index >= 15 is 0 Å². The van der Waals surface area contributed by atoms with Crippen molar-refractivity contribution >= 4 is 15.7 Å². The first-order chi connectivity index (χ1) is 9.87. The zero-order chi connectivity index (χ0) is 15.6. The van der Waals surface area contributed by atoms with E-state index in [1.165, 1.54) is 16.4 Å². The van der Waals surface area contributed by atoms with E-state index in [2.05, 4.69) is 0 Å². The lowest BCUT2D eigenvalue weighted by atomic mass is 10.1. The molecule has 0 saturated carbocycles. The summed E-state index contributed by atoms with van der Waals surface area (Å²) in [6, 6.07) is 3.67. The normalized spacial score (nSPS) is 20.4. The van der Waals surface area contributed by atoms with E-state index in [0.717, 1.165) is 25.3 Å². The Morgan fingerprint density at radius 2 is 2.14 bits per heavy atom. The Balaban J connectivity index is 2.47. The van der Waals surface area contributed by atoms with Crippen molar-refractivity contribution in [2.75, 3.05) is 13.1 Å². The quantitative estimate of drug-likeness (QED) is 0.668. The van der Waals surface area contributed by atoms with Crippen LogP contribution < -0.4 is 5.73 Å². The number of sulfonamides is 1. The Morgan fingerprint density at radius 3 is 2.76 bits per heavy atom. The monoisotopic (exact) mass is 313 g/mol. The average molecular weight is 313 g/mol. The zero-order valence-corrected chi connectivity index (χ0v) is 12.7. The molecule has 116 valence electrons. The Labute approximate surface area is 123 Å². The maximum Gasteiger partial charge on any atom is 0.270 e. The molecule has 1 aliphatic rings. The maximum absolute atomic E-state index is 12.8. The lowest BCUT2D eigenvalue weighted by molar-refractivity contribution is -0.385. The molecule has 8 heteroatoms. The van der Waals surface area contributed by atoms with E-state index in [1.807, 2.05) is 0 Å². The summed E-state index contributed by atoms with van der Waals surface area (Å²) in [7, 11) is -3.76. The van der Waals surface area contributed by atoms with Crippen LogP contribution in [0, 0.1) is 17.0 Å². The first-order valence-electron chi connectivity index (χ1n) is 6.85. The second kappa shape index (κ2) is 6.08. The van der Waals surface area contributed by atoms with E-state index in [4.69, 9.17) is 5.73 Å². The van der Waals surface area contributed by atoms with Crippen molar-refractivity contribution in [3.05, 3.63) is 33.9 Å². The lowest BCUT2D eigenvalue weighted by Gasteiger charge is -2.34. The Morgan fingerprint density at radius 1 is 1.43 bits per heavy atom. The molecule has 1 atom stereocenters. The van der Waals surface area contributed by atoms with Gasteiger partial charge in [0.15, 0.2) is 0 Å². The van der Waals surface area contributed by atoms with E-state index < -0.39 is 14.9 Å². The van der Waals surface area contributed by atoms with Gasteiger partial charge in [0, 0.05) is 31.3 Å². The van der Waals surface area contributed by atoms with Gasteiger partial charge in [-0.1, -0.05) is 12.5 Å². The van der Waals surface area contributed by atoms with Crippen LogP contribution >= 0.6 is 0 Å². The summed E-state index contributed by atoms with van der Waals surface area (Å²) >= 11 is 0. The third-order valence-electron chi connectivity index (χ3n) is 3.81. The van der Waals surface area contributed by atoms with Crippen molar-refractivity contribution in [2.45, 2.75) is 37.1 Å². The van der Waals surface area contributed by atoms with Gasteiger partial charge in [0.25, 0.3) is 5.69 Å². The average Bonchev–Trinajstić information content (AvgIpc) is 2.47. The predicted octanol–water partition coefficient (Wildman–Crippen LogP) is 1.41. The van der Waals surface area contributed by atoms with Crippen LogP contribution in [-0.2, 0) is 10.0 Å². The lowest BCUT2D eigenvalue weighted by Crippen LogP contribution is -2.47. The van der Waals surface area contributed by atoms with Crippen molar-refractivity contribution in [1.82, 2.24) is 4.31 Å². The number of hydrogen-bond donors (Lipinski definition) is 1. The number of piperidine rings is 1. The SMILES string of the molecule is Cc1ccc([N+](=O)[O-])cc1S(=O)(=O)N1CCCCC1CN. The topological polar surface area (TPSA) is 107 Å². The van der Waals surface area contributed by atoms with Crippen molar-refractivity contribution < 1.29 is 13.3 Å². The van der Waals surface area contributed by atoms with E-state index in [0.29, 0.717) is 12.1 Å². The fourth-order valence-corrected chi connectivity index (χ4v) is 4.58. The predicted molar refractivity (Wildman–Crippen MR) is 78.4 cm³/mol. The molecule has 2 N–H and O–H groups in total. The first-order valence-corrected chi connectivity index (χ1v) is 8.29. The molecule has 0 amide bonds. The second-order valence-corrected chi connectivity index (χ2v) is 7.07. The number of nitrogens with two attached hydrogens (primary N) is 1. The van der Waals surface area contributed by atoms with Crippen LogP contribution in [0.25, 0.3) is 0 Å². The summed E-state index contributed by atoms with van der Waals surface area (Å²) in [5.41, 5.74) is 5.95. The van der Waals surface area contributed by atoms with Gasteiger partial charge in [-0.3, -0.25) is 10.1 Å². The molecule has 1 unspecified atom stereocenters. The van der Waals surface area contributed by atoms with Crippen LogP contribution in [0.4, 0.5) is 5.69 Å². The summed E-state index contributed by atoms with van der Waals surface area (Å²) in [6.45, 7) is 2.30. The van der Waals surface area contributed by atoms with Crippen molar-refractivity contribution in [3.8, 4) is 0 Å². The summed E-state index contributed by atoms with van der Waals surface area (Å²) in [5, 5.41) is 10.9. The molecule has 21 heavy (non-hydrogen) atoms. The fourth-order valence-electron chi connectivity index (χ4n) is 2.63. The number of hydrogen-bond acceptors (Lipinski definition) is 5.